The van der Waals surface area contributed by atoms with Crippen molar-refractivity contribution < 1.29 is 9.90 Å². The number of amides is 1. The highest BCUT2D eigenvalue weighted by atomic mass is 16.3. The van der Waals surface area contributed by atoms with E-state index in [2.05, 4.69) is 0 Å². The van der Waals surface area contributed by atoms with E-state index in [9.17, 15) is 9.90 Å². The van der Waals surface area contributed by atoms with Crippen LogP contribution >= 0.6 is 0 Å². The van der Waals surface area contributed by atoms with Crippen LogP contribution in [0.1, 0.15) is 51.4 Å². The normalized spacial score (nSPS) is 28.1. The molecule has 3 heteroatoms. The molecule has 2 aliphatic rings. The summed E-state index contributed by atoms with van der Waals surface area (Å²) in [6.45, 7) is 1.41. The molecule has 1 aliphatic heterocycles. The highest BCUT2D eigenvalue weighted by Gasteiger charge is 2.24. The van der Waals surface area contributed by atoms with Gasteiger partial charge >= 0.3 is 0 Å². The lowest BCUT2D eigenvalue weighted by Gasteiger charge is -2.32. The molecule has 1 saturated heterocycles. The average Bonchev–Trinajstić information content (AvgIpc) is 2.30. The second kappa shape index (κ2) is 5.67. The summed E-state index contributed by atoms with van der Waals surface area (Å²) < 4.78 is 0. The number of likely N-dealkylation sites (tertiary alicyclic amines) is 1. The number of aliphatic hydroxyl groups excluding tert-OH is 1. The van der Waals surface area contributed by atoms with Gasteiger partial charge in [0.05, 0.1) is 6.10 Å². The highest BCUT2D eigenvalue weighted by Crippen LogP contribution is 2.27. The van der Waals surface area contributed by atoms with Gasteiger partial charge in [-0.25, -0.2) is 0 Å². The third kappa shape index (κ3) is 3.21. The summed E-state index contributed by atoms with van der Waals surface area (Å²) in [6, 6.07) is 0. The Labute approximate surface area is 97.8 Å². The number of aliphatic hydroxyl groups is 1. The first-order chi connectivity index (χ1) is 7.75. The molecule has 2 fully saturated rings. The van der Waals surface area contributed by atoms with Gasteiger partial charge in [0.2, 0.25) is 5.91 Å². The van der Waals surface area contributed by atoms with Crippen LogP contribution in [0, 0.1) is 5.92 Å². The predicted molar refractivity (Wildman–Crippen MR) is 63.0 cm³/mol. The van der Waals surface area contributed by atoms with Crippen LogP contribution in [0.15, 0.2) is 0 Å². The average molecular weight is 225 g/mol. The molecule has 0 bridgehead atoms. The molecule has 92 valence electrons. The molecular formula is C13H23NO2. The molecular weight excluding hydrogens is 202 g/mol. The quantitative estimate of drug-likeness (QED) is 0.780. The molecule has 0 unspecified atom stereocenters. The second-order valence-electron chi connectivity index (χ2n) is 5.34. The number of carbonyl (C=O) groups is 1. The largest absolute Gasteiger partial charge is 0.391 e. The van der Waals surface area contributed by atoms with Crippen molar-refractivity contribution in [3.8, 4) is 0 Å². The summed E-state index contributed by atoms with van der Waals surface area (Å²) in [4.78, 5) is 13.9. The first-order valence-corrected chi connectivity index (χ1v) is 6.71. The highest BCUT2D eigenvalue weighted by molar-refractivity contribution is 5.76. The molecule has 1 aliphatic carbocycles. The van der Waals surface area contributed by atoms with E-state index in [1.165, 1.54) is 32.1 Å². The Morgan fingerprint density at radius 1 is 1.12 bits per heavy atom. The van der Waals surface area contributed by atoms with Crippen LogP contribution in [0.2, 0.25) is 0 Å². The van der Waals surface area contributed by atoms with Gasteiger partial charge in [-0.1, -0.05) is 19.3 Å². The Morgan fingerprint density at radius 2 is 1.88 bits per heavy atom. The Bertz CT molecular complexity index is 236. The van der Waals surface area contributed by atoms with E-state index in [1.807, 2.05) is 4.90 Å². The minimum absolute atomic E-state index is 0.269. The predicted octanol–water partition coefficient (Wildman–Crippen LogP) is 1.94. The number of rotatable bonds is 2. The zero-order chi connectivity index (χ0) is 11.4. The fraction of sp³-hybridized carbons (Fsp3) is 0.923. The van der Waals surface area contributed by atoms with Crippen molar-refractivity contribution in [3.05, 3.63) is 0 Å². The third-order valence-electron chi connectivity index (χ3n) is 3.94. The lowest BCUT2D eigenvalue weighted by Crippen LogP contribution is -2.42. The van der Waals surface area contributed by atoms with E-state index < -0.39 is 0 Å². The number of carbonyl (C=O) groups excluding carboxylic acids is 1. The first-order valence-electron chi connectivity index (χ1n) is 6.71. The van der Waals surface area contributed by atoms with Crippen molar-refractivity contribution in [1.82, 2.24) is 4.90 Å². The van der Waals surface area contributed by atoms with Gasteiger partial charge in [-0.15, -0.1) is 0 Å². The van der Waals surface area contributed by atoms with E-state index in [0.29, 0.717) is 18.9 Å². The number of hydrogen-bond acceptors (Lipinski definition) is 2. The van der Waals surface area contributed by atoms with Crippen LogP contribution in [0.4, 0.5) is 0 Å². The van der Waals surface area contributed by atoms with Gasteiger partial charge in [-0.2, -0.15) is 0 Å². The van der Waals surface area contributed by atoms with Gasteiger partial charge in [0.25, 0.3) is 0 Å². The van der Waals surface area contributed by atoms with E-state index in [4.69, 9.17) is 0 Å². The molecule has 1 heterocycles. The molecule has 0 aromatic rings. The Balaban J connectivity index is 1.77. The van der Waals surface area contributed by atoms with Crippen LogP contribution in [0.25, 0.3) is 0 Å². The number of β-amino-alcohol motifs (C(OH)–C–C–N with tert-alkyl or cyclic N) is 1. The van der Waals surface area contributed by atoms with E-state index in [0.717, 1.165) is 19.4 Å². The Hall–Kier alpha value is -0.570. The zero-order valence-electron chi connectivity index (χ0n) is 10.0. The Kier molecular flexibility index (Phi) is 4.22. The molecule has 0 aromatic carbocycles. The topological polar surface area (TPSA) is 40.5 Å². The molecule has 1 atom stereocenters. The molecule has 0 spiro atoms. The lowest BCUT2D eigenvalue weighted by atomic mass is 9.86. The van der Waals surface area contributed by atoms with Gasteiger partial charge in [0.15, 0.2) is 0 Å². The summed E-state index contributed by atoms with van der Waals surface area (Å²) in [5.74, 6) is 0.881. The molecule has 16 heavy (non-hydrogen) atoms. The van der Waals surface area contributed by atoms with Crippen LogP contribution in [0.3, 0.4) is 0 Å². The van der Waals surface area contributed by atoms with Crippen molar-refractivity contribution in [2.24, 2.45) is 5.92 Å². The standard InChI is InChI=1S/C13H23NO2/c15-12-7-4-8-14(10-12)13(16)9-11-5-2-1-3-6-11/h11-12,15H,1-10H2/t12-/m0/s1. The lowest BCUT2D eigenvalue weighted by molar-refractivity contribution is -0.135. The molecule has 0 radical (unpaired) electrons. The van der Waals surface area contributed by atoms with Crippen LogP contribution < -0.4 is 0 Å². The molecule has 1 saturated carbocycles. The van der Waals surface area contributed by atoms with Gasteiger partial charge in [0.1, 0.15) is 0 Å². The van der Waals surface area contributed by atoms with E-state index >= 15 is 0 Å². The Morgan fingerprint density at radius 3 is 2.56 bits per heavy atom. The van der Waals surface area contributed by atoms with Crippen LogP contribution in [0.5, 0.6) is 0 Å². The van der Waals surface area contributed by atoms with Crippen LogP contribution in [-0.4, -0.2) is 35.1 Å². The molecule has 3 nitrogen and oxygen atoms in total. The number of piperidine rings is 1. The van der Waals surface area contributed by atoms with Gasteiger partial charge in [0, 0.05) is 19.5 Å². The molecule has 0 aromatic heterocycles. The molecule has 2 rings (SSSR count). The minimum atomic E-state index is -0.288. The summed E-state index contributed by atoms with van der Waals surface area (Å²) in [5.41, 5.74) is 0. The van der Waals surface area contributed by atoms with E-state index in [-0.39, 0.29) is 12.0 Å². The third-order valence-corrected chi connectivity index (χ3v) is 3.94. The van der Waals surface area contributed by atoms with Crippen molar-refractivity contribution in [2.45, 2.75) is 57.5 Å². The van der Waals surface area contributed by atoms with Crippen molar-refractivity contribution in [2.75, 3.05) is 13.1 Å². The SMILES string of the molecule is O=C(CC1CCCCC1)N1CCC[C@H](O)C1. The van der Waals surface area contributed by atoms with Crippen molar-refractivity contribution in [3.63, 3.8) is 0 Å². The van der Waals surface area contributed by atoms with Crippen molar-refractivity contribution in [1.29, 1.82) is 0 Å². The fourth-order valence-electron chi connectivity index (χ4n) is 2.95. The first kappa shape index (κ1) is 11.9. The van der Waals surface area contributed by atoms with Gasteiger partial charge in [-0.3, -0.25) is 4.79 Å². The number of hydrogen-bond donors (Lipinski definition) is 1. The van der Waals surface area contributed by atoms with Gasteiger partial charge < -0.3 is 10.0 Å². The second-order valence-corrected chi connectivity index (χ2v) is 5.34. The van der Waals surface area contributed by atoms with Crippen molar-refractivity contribution >= 4 is 5.91 Å². The molecule has 1 N–H and O–H groups in total. The zero-order valence-corrected chi connectivity index (χ0v) is 10.0. The van der Waals surface area contributed by atoms with Gasteiger partial charge in [-0.05, 0) is 31.6 Å². The summed E-state index contributed by atoms with van der Waals surface area (Å²) in [6.07, 6.45) is 8.61. The smallest absolute Gasteiger partial charge is 0.222 e. The van der Waals surface area contributed by atoms with E-state index in [1.54, 1.807) is 0 Å². The maximum Gasteiger partial charge on any atom is 0.222 e. The maximum absolute atomic E-state index is 12.0. The maximum atomic E-state index is 12.0. The fourth-order valence-corrected chi connectivity index (χ4v) is 2.95. The summed E-state index contributed by atoms with van der Waals surface area (Å²) in [7, 11) is 0. The molecule has 1 amide bonds. The minimum Gasteiger partial charge on any atom is -0.391 e. The number of nitrogens with zero attached hydrogens (tertiary/aromatic N) is 1. The summed E-state index contributed by atoms with van der Waals surface area (Å²) >= 11 is 0. The monoisotopic (exact) mass is 225 g/mol. The van der Waals surface area contributed by atoms with Crippen LogP contribution in [-0.2, 0) is 4.79 Å². The summed E-state index contributed by atoms with van der Waals surface area (Å²) in [5, 5.41) is 9.54.